The van der Waals surface area contributed by atoms with Crippen LogP contribution >= 0.6 is 11.3 Å². The number of aromatic nitrogens is 3. The first kappa shape index (κ1) is 12.3. The molecule has 0 radical (unpaired) electrons. The van der Waals surface area contributed by atoms with Crippen LogP contribution in [0.5, 0.6) is 0 Å². The third-order valence-corrected chi connectivity index (χ3v) is 4.45. The molecule has 102 valence electrons. The van der Waals surface area contributed by atoms with Crippen molar-refractivity contribution in [3.63, 3.8) is 0 Å². The maximum atomic E-state index is 4.67. The van der Waals surface area contributed by atoms with E-state index in [2.05, 4.69) is 75.3 Å². The first-order valence-corrected chi connectivity index (χ1v) is 7.67. The van der Waals surface area contributed by atoms with E-state index in [0.29, 0.717) is 0 Å². The summed E-state index contributed by atoms with van der Waals surface area (Å²) in [6.07, 6.45) is 6.23. The van der Waals surface area contributed by atoms with Crippen molar-refractivity contribution in [2.75, 3.05) is 0 Å². The van der Waals surface area contributed by atoms with Crippen LogP contribution in [0.4, 0.5) is 0 Å². The molecule has 4 heteroatoms. The van der Waals surface area contributed by atoms with Crippen LogP contribution < -0.4 is 4.57 Å². The van der Waals surface area contributed by atoms with Crippen LogP contribution in [-0.4, -0.2) is 9.55 Å². The van der Waals surface area contributed by atoms with Crippen molar-refractivity contribution in [2.45, 2.75) is 6.54 Å². The predicted octanol–water partition coefficient (Wildman–Crippen LogP) is 3.42. The highest BCUT2D eigenvalue weighted by Crippen LogP contribution is 2.23. The van der Waals surface area contributed by atoms with Gasteiger partial charge in [-0.05, 0) is 17.7 Å². The largest absolute Gasteiger partial charge is 0.284 e. The summed E-state index contributed by atoms with van der Waals surface area (Å²) in [6.45, 7) is 0.874. The number of nitrogens with zero attached hydrogens (tertiary/aromatic N) is 3. The molecule has 0 aliphatic rings. The Hall–Kier alpha value is -2.46. The SMILES string of the molecule is c1ccc(C[n+]2ccn(-c3nc4ccccc4s3)c2)cc1. The van der Waals surface area contributed by atoms with Gasteiger partial charge in [-0.3, -0.25) is 0 Å². The Morgan fingerprint density at radius 3 is 2.67 bits per heavy atom. The summed E-state index contributed by atoms with van der Waals surface area (Å²) >= 11 is 1.71. The first-order valence-electron chi connectivity index (χ1n) is 6.85. The molecule has 2 heterocycles. The molecular weight excluding hydrogens is 278 g/mol. The molecule has 2 aromatic heterocycles. The molecule has 4 aromatic rings. The Morgan fingerprint density at radius 2 is 1.81 bits per heavy atom. The second kappa shape index (κ2) is 5.14. The molecule has 0 spiro atoms. The van der Waals surface area contributed by atoms with Crippen molar-refractivity contribution in [3.8, 4) is 5.13 Å². The first-order chi connectivity index (χ1) is 10.4. The minimum Gasteiger partial charge on any atom is -0.232 e. The number of hydrogen-bond acceptors (Lipinski definition) is 2. The zero-order chi connectivity index (χ0) is 14.1. The zero-order valence-corrected chi connectivity index (χ0v) is 12.2. The van der Waals surface area contributed by atoms with E-state index in [9.17, 15) is 0 Å². The molecule has 0 bridgehead atoms. The molecule has 0 atom stereocenters. The highest BCUT2D eigenvalue weighted by atomic mass is 32.1. The monoisotopic (exact) mass is 292 g/mol. The number of imidazole rings is 1. The van der Waals surface area contributed by atoms with Crippen molar-refractivity contribution in [3.05, 3.63) is 78.9 Å². The summed E-state index contributed by atoms with van der Waals surface area (Å²) in [6, 6.07) is 18.7. The lowest BCUT2D eigenvalue weighted by Crippen LogP contribution is -2.31. The topological polar surface area (TPSA) is 21.7 Å². The van der Waals surface area contributed by atoms with Crippen molar-refractivity contribution in [2.24, 2.45) is 0 Å². The van der Waals surface area contributed by atoms with E-state index >= 15 is 0 Å². The van der Waals surface area contributed by atoms with Gasteiger partial charge in [0, 0.05) is 0 Å². The smallest absolute Gasteiger partial charge is 0.232 e. The molecule has 0 amide bonds. The van der Waals surface area contributed by atoms with Crippen LogP contribution in [-0.2, 0) is 6.54 Å². The number of hydrogen-bond donors (Lipinski definition) is 0. The lowest BCUT2D eigenvalue weighted by Gasteiger charge is -1.95. The van der Waals surface area contributed by atoms with Crippen molar-refractivity contribution in [1.29, 1.82) is 0 Å². The van der Waals surface area contributed by atoms with Gasteiger partial charge >= 0.3 is 0 Å². The van der Waals surface area contributed by atoms with E-state index in [1.807, 2.05) is 12.1 Å². The van der Waals surface area contributed by atoms with Crippen molar-refractivity contribution in [1.82, 2.24) is 9.55 Å². The van der Waals surface area contributed by atoms with Gasteiger partial charge in [0.1, 0.15) is 18.9 Å². The second-order valence-corrected chi connectivity index (χ2v) is 5.95. The minimum absolute atomic E-state index is 0.874. The van der Waals surface area contributed by atoms with Crippen LogP contribution in [0.15, 0.2) is 73.3 Å². The number of rotatable bonds is 3. The van der Waals surface area contributed by atoms with Gasteiger partial charge in [0.25, 0.3) is 11.5 Å². The number of thiazole rings is 1. The van der Waals surface area contributed by atoms with Gasteiger partial charge in [0.2, 0.25) is 0 Å². The van der Waals surface area contributed by atoms with Gasteiger partial charge in [-0.1, -0.05) is 53.8 Å². The average Bonchev–Trinajstić information content (AvgIpc) is 3.14. The van der Waals surface area contributed by atoms with E-state index in [-0.39, 0.29) is 0 Å². The Bertz CT molecular complexity index is 844. The summed E-state index contributed by atoms with van der Waals surface area (Å²) in [5.41, 5.74) is 2.35. The van der Waals surface area contributed by atoms with Gasteiger partial charge in [-0.15, -0.1) is 0 Å². The Morgan fingerprint density at radius 1 is 1.00 bits per heavy atom. The van der Waals surface area contributed by atoms with Gasteiger partial charge in [0.05, 0.1) is 10.2 Å². The maximum absolute atomic E-state index is 4.67. The minimum atomic E-state index is 0.874. The molecule has 0 unspecified atom stereocenters. The Labute approximate surface area is 126 Å². The second-order valence-electron chi connectivity index (χ2n) is 4.94. The molecule has 2 aromatic carbocycles. The molecule has 21 heavy (non-hydrogen) atoms. The summed E-state index contributed by atoms with van der Waals surface area (Å²) in [4.78, 5) is 4.67. The third kappa shape index (κ3) is 2.45. The Kier molecular flexibility index (Phi) is 3.01. The van der Waals surface area contributed by atoms with Crippen LogP contribution in [0.2, 0.25) is 0 Å². The highest BCUT2D eigenvalue weighted by molar-refractivity contribution is 7.20. The van der Waals surface area contributed by atoms with Gasteiger partial charge in [-0.2, -0.15) is 9.55 Å². The van der Waals surface area contributed by atoms with Crippen molar-refractivity contribution >= 4 is 21.6 Å². The van der Waals surface area contributed by atoms with Gasteiger partial charge in [-0.25, -0.2) is 4.57 Å². The molecular formula is C17H14N3S+. The molecule has 0 aliphatic carbocycles. The normalized spacial score (nSPS) is 11.0. The lowest BCUT2D eigenvalue weighted by atomic mass is 10.2. The maximum Gasteiger partial charge on any atom is 0.284 e. The third-order valence-electron chi connectivity index (χ3n) is 3.40. The fourth-order valence-electron chi connectivity index (χ4n) is 2.37. The summed E-state index contributed by atoms with van der Waals surface area (Å²) in [5, 5.41) is 1.00. The fraction of sp³-hybridized carbons (Fsp3) is 0.0588. The number of benzene rings is 2. The van der Waals surface area contributed by atoms with E-state index < -0.39 is 0 Å². The summed E-state index contributed by atoms with van der Waals surface area (Å²) < 4.78 is 5.46. The predicted molar refractivity (Wildman–Crippen MR) is 84.7 cm³/mol. The Balaban J connectivity index is 1.64. The van der Waals surface area contributed by atoms with Gasteiger partial charge < -0.3 is 0 Å². The van der Waals surface area contributed by atoms with Gasteiger partial charge in [0.15, 0.2) is 0 Å². The fourth-order valence-corrected chi connectivity index (χ4v) is 3.28. The molecule has 0 aliphatic heterocycles. The number of para-hydroxylation sites is 1. The summed E-state index contributed by atoms with van der Waals surface area (Å²) in [7, 11) is 0. The molecule has 3 nitrogen and oxygen atoms in total. The quantitative estimate of drug-likeness (QED) is 0.530. The average molecular weight is 292 g/mol. The molecule has 4 rings (SSSR count). The van der Waals surface area contributed by atoms with Crippen molar-refractivity contribution < 1.29 is 4.57 Å². The van der Waals surface area contributed by atoms with Crippen LogP contribution in [0.3, 0.4) is 0 Å². The van der Waals surface area contributed by atoms with Crippen LogP contribution in [0, 0.1) is 0 Å². The standard InChI is InChI=1S/C17H14N3S/c1-2-6-14(7-3-1)12-19-10-11-20(13-19)17-18-15-8-4-5-9-16(15)21-17/h1-11,13H,12H2/q+1. The molecule has 0 saturated heterocycles. The lowest BCUT2D eigenvalue weighted by molar-refractivity contribution is -0.687. The number of fused-ring (bicyclic) bond motifs is 1. The highest BCUT2D eigenvalue weighted by Gasteiger charge is 2.12. The molecule has 0 N–H and O–H groups in total. The summed E-state index contributed by atoms with van der Waals surface area (Å²) in [5.74, 6) is 0. The van der Waals surface area contributed by atoms with E-state index in [1.54, 1.807) is 11.3 Å². The van der Waals surface area contributed by atoms with E-state index in [4.69, 9.17) is 0 Å². The van der Waals surface area contributed by atoms with Crippen LogP contribution in [0.25, 0.3) is 15.3 Å². The zero-order valence-electron chi connectivity index (χ0n) is 11.4. The molecule has 0 fully saturated rings. The van der Waals surface area contributed by atoms with Crippen LogP contribution in [0.1, 0.15) is 5.56 Å². The van der Waals surface area contributed by atoms with E-state index in [1.165, 1.54) is 10.3 Å². The van der Waals surface area contributed by atoms with E-state index in [0.717, 1.165) is 17.2 Å². The molecule has 0 saturated carbocycles.